The first-order valence-electron chi connectivity index (χ1n) is 5.30. The van der Waals surface area contributed by atoms with Crippen molar-refractivity contribution in [3.63, 3.8) is 0 Å². The Morgan fingerprint density at radius 1 is 1.61 bits per heavy atom. The van der Waals surface area contributed by atoms with E-state index in [4.69, 9.17) is 11.6 Å². The van der Waals surface area contributed by atoms with E-state index in [9.17, 15) is 9.90 Å². The SMILES string of the molecule is CSC[C@](C)(O)CNC(=O)c1cc(Br)ccc1Cl. The molecule has 1 aromatic rings. The standard InChI is InChI=1S/C12H15BrClNO2S/c1-12(17,7-18-2)6-15-11(16)9-5-8(13)3-4-10(9)14/h3-5,17H,6-7H2,1-2H3,(H,15,16)/t12-/m1/s1. The van der Waals surface area contributed by atoms with Crippen molar-refractivity contribution in [2.75, 3.05) is 18.6 Å². The molecule has 0 bridgehead atoms. The van der Waals surface area contributed by atoms with Gasteiger partial charge in [0.1, 0.15) is 0 Å². The maximum Gasteiger partial charge on any atom is 0.252 e. The maximum atomic E-state index is 11.9. The molecule has 0 spiro atoms. The van der Waals surface area contributed by atoms with Crippen molar-refractivity contribution in [3.05, 3.63) is 33.3 Å². The Bertz CT molecular complexity index is 440. The molecule has 0 unspecified atom stereocenters. The van der Waals surface area contributed by atoms with Gasteiger partial charge in [0, 0.05) is 16.8 Å². The van der Waals surface area contributed by atoms with Crippen LogP contribution < -0.4 is 5.32 Å². The number of hydrogen-bond donors (Lipinski definition) is 2. The van der Waals surface area contributed by atoms with E-state index in [1.165, 1.54) is 11.8 Å². The molecule has 0 aromatic heterocycles. The van der Waals surface area contributed by atoms with E-state index in [2.05, 4.69) is 21.2 Å². The summed E-state index contributed by atoms with van der Waals surface area (Å²) in [6.45, 7) is 1.88. The molecule has 18 heavy (non-hydrogen) atoms. The first kappa shape index (κ1) is 15.8. The second kappa shape index (κ2) is 6.80. The van der Waals surface area contributed by atoms with Gasteiger partial charge in [0.25, 0.3) is 5.91 Å². The number of hydrogen-bond acceptors (Lipinski definition) is 3. The molecule has 2 N–H and O–H groups in total. The molecular formula is C12H15BrClNO2S. The summed E-state index contributed by atoms with van der Waals surface area (Å²) in [5.74, 6) is 0.266. The molecule has 0 fully saturated rings. The molecule has 0 aliphatic rings. The summed E-state index contributed by atoms with van der Waals surface area (Å²) in [4.78, 5) is 11.9. The Labute approximate surface area is 124 Å². The predicted molar refractivity (Wildman–Crippen MR) is 80.5 cm³/mol. The zero-order chi connectivity index (χ0) is 13.8. The van der Waals surface area contributed by atoms with Crippen molar-refractivity contribution in [1.29, 1.82) is 0 Å². The zero-order valence-corrected chi connectivity index (χ0v) is 13.3. The lowest BCUT2D eigenvalue weighted by atomic mass is 10.1. The smallest absolute Gasteiger partial charge is 0.252 e. The number of benzene rings is 1. The van der Waals surface area contributed by atoms with Gasteiger partial charge in [-0.05, 0) is 31.4 Å². The molecule has 0 saturated heterocycles. The third-order valence-corrected chi connectivity index (χ3v) is 3.99. The molecule has 100 valence electrons. The molecule has 1 atom stereocenters. The van der Waals surface area contributed by atoms with Crippen LogP contribution in [0.5, 0.6) is 0 Å². The summed E-state index contributed by atoms with van der Waals surface area (Å²) in [6, 6.07) is 5.07. The highest BCUT2D eigenvalue weighted by Gasteiger charge is 2.21. The van der Waals surface area contributed by atoms with Gasteiger partial charge in [-0.15, -0.1) is 0 Å². The second-order valence-corrected chi connectivity index (χ2v) is 6.43. The second-order valence-electron chi connectivity index (χ2n) is 4.24. The van der Waals surface area contributed by atoms with E-state index < -0.39 is 5.60 Å². The molecule has 0 aliphatic carbocycles. The van der Waals surface area contributed by atoms with Gasteiger partial charge in [-0.3, -0.25) is 4.79 Å². The Hall–Kier alpha value is -0.230. The van der Waals surface area contributed by atoms with E-state index in [0.29, 0.717) is 16.3 Å². The first-order chi connectivity index (χ1) is 8.35. The summed E-state index contributed by atoms with van der Waals surface area (Å²) >= 11 is 10.8. The van der Waals surface area contributed by atoms with E-state index in [1.807, 2.05) is 6.26 Å². The number of carbonyl (C=O) groups is 1. The highest BCUT2D eigenvalue weighted by Crippen LogP contribution is 2.21. The first-order valence-corrected chi connectivity index (χ1v) is 7.87. The van der Waals surface area contributed by atoms with Crippen LogP contribution >= 0.6 is 39.3 Å². The van der Waals surface area contributed by atoms with Crippen molar-refractivity contribution in [1.82, 2.24) is 5.32 Å². The minimum atomic E-state index is -0.923. The fourth-order valence-corrected chi connectivity index (χ4v) is 2.69. The molecule has 6 heteroatoms. The third-order valence-electron chi connectivity index (χ3n) is 2.26. The number of thioether (sulfide) groups is 1. The van der Waals surface area contributed by atoms with E-state index in [0.717, 1.165) is 4.47 Å². The van der Waals surface area contributed by atoms with Crippen molar-refractivity contribution >= 4 is 45.2 Å². The Balaban J connectivity index is 2.69. The number of carbonyl (C=O) groups excluding carboxylic acids is 1. The maximum absolute atomic E-state index is 11.9. The fourth-order valence-electron chi connectivity index (χ4n) is 1.40. The third kappa shape index (κ3) is 4.80. The molecule has 0 saturated carbocycles. The molecule has 1 aromatic carbocycles. The molecule has 1 amide bonds. The van der Waals surface area contributed by atoms with E-state index >= 15 is 0 Å². The van der Waals surface area contributed by atoms with Gasteiger partial charge >= 0.3 is 0 Å². The van der Waals surface area contributed by atoms with Crippen molar-refractivity contribution in [2.24, 2.45) is 0 Å². The molecular weight excluding hydrogens is 338 g/mol. The molecule has 0 aliphatic heterocycles. The predicted octanol–water partition coefficient (Wildman–Crippen LogP) is 2.95. The minimum absolute atomic E-state index is 0.190. The van der Waals surface area contributed by atoms with Gasteiger partial charge in [0.2, 0.25) is 0 Å². The van der Waals surface area contributed by atoms with Crippen LogP contribution in [0.25, 0.3) is 0 Å². The highest BCUT2D eigenvalue weighted by molar-refractivity contribution is 9.10. The number of rotatable bonds is 5. The lowest BCUT2D eigenvalue weighted by Crippen LogP contribution is -2.42. The van der Waals surface area contributed by atoms with Crippen molar-refractivity contribution in [2.45, 2.75) is 12.5 Å². The van der Waals surface area contributed by atoms with Crippen LogP contribution in [-0.4, -0.2) is 35.2 Å². The summed E-state index contributed by atoms with van der Waals surface area (Å²) in [6.07, 6.45) is 1.90. The monoisotopic (exact) mass is 351 g/mol. The van der Waals surface area contributed by atoms with Crippen LogP contribution in [0.1, 0.15) is 17.3 Å². The molecule has 0 radical (unpaired) electrons. The largest absolute Gasteiger partial charge is 0.387 e. The van der Waals surface area contributed by atoms with Gasteiger partial charge in [0.15, 0.2) is 0 Å². The van der Waals surface area contributed by atoms with Crippen molar-refractivity contribution in [3.8, 4) is 0 Å². The average molecular weight is 353 g/mol. The summed E-state index contributed by atoms with van der Waals surface area (Å²) in [5, 5.41) is 13.0. The van der Waals surface area contributed by atoms with Crippen LogP contribution in [0.15, 0.2) is 22.7 Å². The fraction of sp³-hybridized carbons (Fsp3) is 0.417. The Morgan fingerprint density at radius 3 is 2.89 bits per heavy atom. The number of halogens is 2. The van der Waals surface area contributed by atoms with Crippen molar-refractivity contribution < 1.29 is 9.90 Å². The van der Waals surface area contributed by atoms with Crippen LogP contribution in [0, 0.1) is 0 Å². The van der Waals surface area contributed by atoms with Crippen LogP contribution in [-0.2, 0) is 0 Å². The van der Waals surface area contributed by atoms with E-state index in [-0.39, 0.29) is 12.5 Å². The minimum Gasteiger partial charge on any atom is -0.387 e. The summed E-state index contributed by atoms with van der Waals surface area (Å²) in [5.41, 5.74) is -0.529. The lowest BCUT2D eigenvalue weighted by molar-refractivity contribution is 0.0725. The van der Waals surface area contributed by atoms with Crippen LogP contribution in [0.3, 0.4) is 0 Å². The molecule has 1 rings (SSSR count). The van der Waals surface area contributed by atoms with Gasteiger partial charge in [-0.25, -0.2) is 0 Å². The molecule has 3 nitrogen and oxygen atoms in total. The van der Waals surface area contributed by atoms with Crippen LogP contribution in [0.4, 0.5) is 0 Å². The number of nitrogens with one attached hydrogen (secondary N) is 1. The quantitative estimate of drug-likeness (QED) is 0.856. The van der Waals surface area contributed by atoms with Crippen LogP contribution in [0.2, 0.25) is 5.02 Å². The summed E-state index contributed by atoms with van der Waals surface area (Å²) < 4.78 is 0.785. The van der Waals surface area contributed by atoms with Gasteiger partial charge in [0.05, 0.1) is 16.2 Å². The Kier molecular flexibility index (Phi) is 5.98. The lowest BCUT2D eigenvalue weighted by Gasteiger charge is -2.22. The van der Waals surface area contributed by atoms with Gasteiger partial charge in [-0.1, -0.05) is 27.5 Å². The average Bonchev–Trinajstić information content (AvgIpc) is 2.29. The van der Waals surface area contributed by atoms with E-state index in [1.54, 1.807) is 25.1 Å². The topological polar surface area (TPSA) is 49.3 Å². The zero-order valence-electron chi connectivity index (χ0n) is 10.2. The van der Waals surface area contributed by atoms with Gasteiger partial charge < -0.3 is 10.4 Å². The highest BCUT2D eigenvalue weighted by atomic mass is 79.9. The number of amides is 1. The normalized spacial score (nSPS) is 14.1. The number of aliphatic hydroxyl groups is 1. The summed E-state index contributed by atoms with van der Waals surface area (Å²) in [7, 11) is 0. The Morgan fingerprint density at radius 2 is 2.28 bits per heavy atom. The molecule has 0 heterocycles. The van der Waals surface area contributed by atoms with Gasteiger partial charge in [-0.2, -0.15) is 11.8 Å².